The molecule has 68 valence electrons. The van der Waals surface area contributed by atoms with Crippen molar-refractivity contribution in [1.29, 1.82) is 0 Å². The van der Waals surface area contributed by atoms with Gasteiger partial charge in [0.1, 0.15) is 0 Å². The molecule has 0 aliphatic rings. The molecule has 1 nitrogen and oxygen atoms in total. The Kier molecular flexibility index (Phi) is 9.25. The van der Waals surface area contributed by atoms with E-state index in [9.17, 15) is 0 Å². The van der Waals surface area contributed by atoms with Gasteiger partial charge >= 0.3 is 23.1 Å². The van der Waals surface area contributed by atoms with E-state index in [4.69, 9.17) is 4.74 Å². The van der Waals surface area contributed by atoms with Crippen LogP contribution in [0.1, 0.15) is 18.1 Å². The topological polar surface area (TPSA) is 9.23 Å². The second kappa shape index (κ2) is 7.65. The number of hydrogen-bond acceptors (Lipinski definition) is 1. The minimum absolute atomic E-state index is 0. The summed E-state index contributed by atoms with van der Waals surface area (Å²) in [6, 6.07) is 6.93. The Morgan fingerprint density at radius 3 is 2.08 bits per heavy atom. The predicted molar refractivity (Wildman–Crippen MR) is 51.7 cm³/mol. The average Bonchev–Trinajstić information content (AvgIpc) is 1.97. The molecule has 3 heteroatoms. The van der Waals surface area contributed by atoms with Gasteiger partial charge in [-0.2, -0.15) is 18.2 Å². The molecule has 0 amide bonds. The van der Waals surface area contributed by atoms with Gasteiger partial charge in [0.15, 0.2) is 0 Å². The van der Waals surface area contributed by atoms with E-state index in [2.05, 4.69) is 6.07 Å². The van der Waals surface area contributed by atoms with Crippen molar-refractivity contribution >= 4 is 23.1 Å². The summed E-state index contributed by atoms with van der Waals surface area (Å²) in [5.74, 6) is 1.01. The summed E-state index contributed by atoms with van der Waals surface area (Å²) < 4.78 is 5.45. The number of benzene rings is 1. The Balaban J connectivity index is 0. The van der Waals surface area contributed by atoms with E-state index in [0.29, 0.717) is 0 Å². The molecule has 0 N–H and O–H groups in total. The number of hydrogen-bond donors (Lipinski definition) is 0. The van der Waals surface area contributed by atoms with Gasteiger partial charge in [0.25, 0.3) is 0 Å². The van der Waals surface area contributed by atoms with E-state index < -0.39 is 0 Å². The van der Waals surface area contributed by atoms with Crippen LogP contribution >= 0.6 is 0 Å². The Morgan fingerprint density at radius 1 is 1.23 bits per heavy atom. The number of rotatable bonds is 2. The molecule has 1 rings (SSSR count). The van der Waals surface area contributed by atoms with E-state index in [1.807, 2.05) is 32.9 Å². The first-order valence-corrected chi connectivity index (χ1v) is 3.85. The van der Waals surface area contributed by atoms with Crippen LogP contribution in [0, 0.1) is 19.9 Å². The Bertz CT molecular complexity index is 230. The molecule has 1 aromatic carbocycles. The third kappa shape index (κ3) is 4.34. The third-order valence-electron chi connectivity index (χ3n) is 1.60. The fourth-order valence-electron chi connectivity index (χ4n) is 1.11. The maximum atomic E-state index is 5.45. The molecule has 0 saturated heterocycles. The summed E-state index contributed by atoms with van der Waals surface area (Å²) in [4.78, 5) is 0. The van der Waals surface area contributed by atoms with Crippen LogP contribution in [-0.4, -0.2) is 29.7 Å². The molecule has 0 heterocycles. The van der Waals surface area contributed by atoms with Crippen molar-refractivity contribution in [3.8, 4) is 5.75 Å². The summed E-state index contributed by atoms with van der Waals surface area (Å²) in [6.45, 7) is 6.80. The van der Waals surface area contributed by atoms with Crippen molar-refractivity contribution in [3.05, 3.63) is 29.3 Å². The summed E-state index contributed by atoms with van der Waals surface area (Å²) in [6.07, 6.45) is 0. The van der Waals surface area contributed by atoms with Crippen molar-refractivity contribution in [2.75, 3.05) is 6.61 Å². The maximum Gasteiger partial charge on any atom is 2.00 e. The zero-order chi connectivity index (χ0) is 8.27. The average molecular weight is 253 g/mol. The third-order valence-corrected chi connectivity index (χ3v) is 1.60. The minimum Gasteiger partial charge on any atom is -1.00 e. The summed E-state index contributed by atoms with van der Waals surface area (Å²) >= 11 is 0. The Hall–Kier alpha value is 0.266. The van der Waals surface area contributed by atoms with Crippen LogP contribution < -0.4 is 21.7 Å². The molecule has 1 aromatic rings. The van der Waals surface area contributed by atoms with Crippen molar-refractivity contribution < 1.29 is 21.7 Å². The molecule has 0 saturated carbocycles. The largest absolute Gasteiger partial charge is 2.00 e. The first-order chi connectivity index (χ1) is 5.25. The van der Waals surface area contributed by atoms with Gasteiger partial charge in [0.05, 0.1) is 6.61 Å². The number of halogens is 1. The second-order valence-electron chi connectivity index (χ2n) is 2.58. The first-order valence-electron chi connectivity index (χ1n) is 3.85. The smallest absolute Gasteiger partial charge is 1.00 e. The van der Waals surface area contributed by atoms with Crippen LogP contribution in [0.3, 0.4) is 0 Å². The molecule has 0 unspecified atom stereocenters. The van der Waals surface area contributed by atoms with E-state index in [0.717, 1.165) is 23.5 Å². The van der Waals surface area contributed by atoms with Crippen LogP contribution in [0.25, 0.3) is 0 Å². The van der Waals surface area contributed by atoms with Gasteiger partial charge in [-0.05, 0) is 6.92 Å². The van der Waals surface area contributed by atoms with Crippen LogP contribution in [0.5, 0.6) is 5.75 Å². The fourth-order valence-corrected chi connectivity index (χ4v) is 1.11. The van der Waals surface area contributed by atoms with Gasteiger partial charge in [0.2, 0.25) is 0 Å². The first kappa shape index (κ1) is 15.7. The maximum absolute atomic E-state index is 5.45. The van der Waals surface area contributed by atoms with E-state index in [1.54, 1.807) is 0 Å². The van der Waals surface area contributed by atoms with Gasteiger partial charge in [-0.3, -0.25) is 0 Å². The molecule has 0 bridgehead atoms. The standard InChI is InChI=1S/C10H13O.BrH.Mg/c1-4-11-10-8(2)6-5-7-9(10)3;;/h6-7H,4H2,1-3H3;1H;/q-1;;+2/p-1. The van der Waals surface area contributed by atoms with E-state index in [1.165, 1.54) is 0 Å². The molecule has 0 atom stereocenters. The molecular formula is C10H13BrMgO. The van der Waals surface area contributed by atoms with Crippen LogP contribution in [-0.2, 0) is 0 Å². The van der Waals surface area contributed by atoms with Crippen LogP contribution in [0.2, 0.25) is 0 Å². The van der Waals surface area contributed by atoms with Crippen molar-refractivity contribution in [1.82, 2.24) is 0 Å². The summed E-state index contributed by atoms with van der Waals surface area (Å²) in [5, 5.41) is 0. The Morgan fingerprint density at radius 2 is 1.69 bits per heavy atom. The number of aryl methyl sites for hydroxylation is 2. The minimum atomic E-state index is 0. The summed E-state index contributed by atoms with van der Waals surface area (Å²) in [7, 11) is 0. The van der Waals surface area contributed by atoms with E-state index in [-0.39, 0.29) is 40.0 Å². The van der Waals surface area contributed by atoms with Gasteiger partial charge in [-0.15, -0.1) is 11.1 Å². The fraction of sp³-hybridized carbons (Fsp3) is 0.400. The zero-order valence-corrected chi connectivity index (χ0v) is 11.4. The molecule has 0 aliphatic heterocycles. The molecule has 0 spiro atoms. The molecule has 0 fully saturated rings. The molecule has 0 aliphatic carbocycles. The normalized spacial score (nSPS) is 8.23. The van der Waals surface area contributed by atoms with E-state index >= 15 is 0 Å². The predicted octanol–water partition coefficient (Wildman–Crippen LogP) is -0.874. The van der Waals surface area contributed by atoms with Crippen LogP contribution in [0.15, 0.2) is 12.1 Å². The number of ether oxygens (including phenoxy) is 1. The SMILES string of the molecule is CCOc1c(C)c[c-]cc1C.[Br-].[Mg+2]. The van der Waals surface area contributed by atoms with Gasteiger partial charge in [-0.25, -0.2) is 0 Å². The van der Waals surface area contributed by atoms with Crippen molar-refractivity contribution in [2.24, 2.45) is 0 Å². The summed E-state index contributed by atoms with van der Waals surface area (Å²) in [5.41, 5.74) is 2.32. The molecular weight excluding hydrogens is 240 g/mol. The molecule has 13 heavy (non-hydrogen) atoms. The van der Waals surface area contributed by atoms with Crippen molar-refractivity contribution in [3.63, 3.8) is 0 Å². The second-order valence-corrected chi connectivity index (χ2v) is 2.58. The molecule has 0 aromatic heterocycles. The molecule has 0 radical (unpaired) electrons. The monoisotopic (exact) mass is 252 g/mol. The van der Waals surface area contributed by atoms with Gasteiger partial charge in [0, 0.05) is 5.75 Å². The quantitative estimate of drug-likeness (QED) is 0.492. The van der Waals surface area contributed by atoms with Crippen molar-refractivity contribution in [2.45, 2.75) is 20.8 Å². The van der Waals surface area contributed by atoms with Gasteiger partial charge in [-0.1, -0.05) is 13.8 Å². The zero-order valence-electron chi connectivity index (χ0n) is 8.36. The van der Waals surface area contributed by atoms with Crippen LogP contribution in [0.4, 0.5) is 0 Å². The van der Waals surface area contributed by atoms with Gasteiger partial charge < -0.3 is 21.7 Å². The Labute approximate surface area is 107 Å².